The van der Waals surface area contributed by atoms with Crippen molar-refractivity contribution in [3.63, 3.8) is 0 Å². The van der Waals surface area contributed by atoms with E-state index >= 15 is 0 Å². The first-order chi connectivity index (χ1) is 13.6. The molecule has 1 N–H and O–H groups in total. The molecule has 29 heavy (non-hydrogen) atoms. The number of hydrogen-bond acceptors (Lipinski definition) is 4. The van der Waals surface area contributed by atoms with Crippen molar-refractivity contribution in [3.05, 3.63) is 29.8 Å². The van der Waals surface area contributed by atoms with Gasteiger partial charge in [-0.3, -0.25) is 9.79 Å². The molecule has 2 heterocycles. The van der Waals surface area contributed by atoms with E-state index in [1.165, 1.54) is 6.07 Å². The van der Waals surface area contributed by atoms with E-state index in [0.717, 1.165) is 30.9 Å². The number of amides is 1. The fraction of sp³-hybridized carbons (Fsp3) is 0.579. The van der Waals surface area contributed by atoms with Gasteiger partial charge in [-0.1, -0.05) is 0 Å². The van der Waals surface area contributed by atoms with Crippen LogP contribution >= 0.6 is 24.0 Å². The van der Waals surface area contributed by atoms with E-state index in [2.05, 4.69) is 15.2 Å². The third-order valence-corrected chi connectivity index (χ3v) is 4.85. The minimum absolute atomic E-state index is 0. The molecule has 1 aromatic rings. The lowest BCUT2D eigenvalue weighted by Crippen LogP contribution is -2.55. The summed E-state index contributed by atoms with van der Waals surface area (Å²) in [5, 5.41) is 3.19. The molecular formula is C19H27F2IN4O3. The Hall–Kier alpha value is -1.69. The molecule has 10 heteroatoms. The Kier molecular flexibility index (Phi) is 9.34. The van der Waals surface area contributed by atoms with Gasteiger partial charge in [-0.25, -0.2) is 8.78 Å². The molecule has 0 aromatic heterocycles. The fourth-order valence-electron chi connectivity index (χ4n) is 3.35. The number of benzene rings is 1. The maximum Gasteiger partial charge on any atom is 0.251 e. The topological polar surface area (TPSA) is 66.4 Å². The summed E-state index contributed by atoms with van der Waals surface area (Å²) in [4.78, 5) is 20.6. The molecule has 2 aliphatic heterocycles. The Balaban J connectivity index is 0.00000300. The number of aliphatic imine (C=N–C) groups is 1. The minimum atomic E-state index is -0.934. The van der Waals surface area contributed by atoms with Crippen LogP contribution in [0, 0.1) is 11.6 Å². The van der Waals surface area contributed by atoms with Gasteiger partial charge in [0.1, 0.15) is 18.5 Å². The summed E-state index contributed by atoms with van der Waals surface area (Å²) in [6.45, 7) is 4.03. The third kappa shape index (κ3) is 6.39. The number of ether oxygens (including phenoxy) is 2. The Morgan fingerprint density at radius 3 is 2.59 bits per heavy atom. The lowest BCUT2D eigenvalue weighted by Gasteiger charge is -2.37. The molecule has 1 aromatic carbocycles. The van der Waals surface area contributed by atoms with Crippen LogP contribution in [0.5, 0.6) is 5.75 Å². The third-order valence-electron chi connectivity index (χ3n) is 4.85. The zero-order chi connectivity index (χ0) is 19.9. The van der Waals surface area contributed by atoms with Crippen LogP contribution in [0.4, 0.5) is 8.78 Å². The Morgan fingerprint density at radius 2 is 1.97 bits per heavy atom. The number of nitrogens with zero attached hydrogens (tertiary/aromatic N) is 3. The second-order valence-corrected chi connectivity index (χ2v) is 6.71. The van der Waals surface area contributed by atoms with Gasteiger partial charge in [0.15, 0.2) is 17.6 Å². The zero-order valence-electron chi connectivity index (χ0n) is 16.4. The maximum absolute atomic E-state index is 13.2. The van der Waals surface area contributed by atoms with E-state index in [0.29, 0.717) is 39.3 Å². The van der Waals surface area contributed by atoms with Crippen LogP contribution < -0.4 is 10.1 Å². The van der Waals surface area contributed by atoms with Crippen molar-refractivity contribution in [2.75, 3.05) is 53.0 Å². The van der Waals surface area contributed by atoms with E-state index in [1.54, 1.807) is 7.05 Å². The zero-order valence-corrected chi connectivity index (χ0v) is 18.7. The second-order valence-electron chi connectivity index (χ2n) is 6.71. The average Bonchev–Trinajstić information content (AvgIpc) is 3.25. The first kappa shape index (κ1) is 23.6. The highest BCUT2D eigenvalue weighted by molar-refractivity contribution is 14.0. The molecule has 7 nitrogen and oxygen atoms in total. The van der Waals surface area contributed by atoms with Crippen molar-refractivity contribution in [2.24, 2.45) is 4.99 Å². The Morgan fingerprint density at radius 1 is 1.24 bits per heavy atom. The van der Waals surface area contributed by atoms with Gasteiger partial charge in [-0.2, -0.15) is 0 Å². The second kappa shape index (κ2) is 11.5. The Bertz CT molecular complexity index is 709. The van der Waals surface area contributed by atoms with Crippen molar-refractivity contribution in [1.29, 1.82) is 0 Å². The number of piperazine rings is 1. The predicted octanol–water partition coefficient (Wildman–Crippen LogP) is 1.86. The standard InChI is InChI=1S/C19H26F2N4O3.HI/c1-22-19(23-6-12-27-14-4-5-15(20)16(21)13-14)25-9-7-24(8-10-25)18(26)17-3-2-11-28-17;/h4-5,13,17H,2-3,6-12H2,1H3,(H,22,23);1H. The average molecular weight is 524 g/mol. The summed E-state index contributed by atoms with van der Waals surface area (Å²) < 4.78 is 37.0. The van der Waals surface area contributed by atoms with Crippen LogP contribution in [-0.4, -0.2) is 80.8 Å². The van der Waals surface area contributed by atoms with Crippen molar-refractivity contribution < 1.29 is 23.0 Å². The maximum atomic E-state index is 13.2. The summed E-state index contributed by atoms with van der Waals surface area (Å²) in [7, 11) is 1.70. The van der Waals surface area contributed by atoms with Gasteiger partial charge >= 0.3 is 0 Å². The smallest absolute Gasteiger partial charge is 0.251 e. The number of nitrogens with one attached hydrogen (secondary N) is 1. The fourth-order valence-corrected chi connectivity index (χ4v) is 3.35. The van der Waals surface area contributed by atoms with Gasteiger partial charge in [0, 0.05) is 45.9 Å². The summed E-state index contributed by atoms with van der Waals surface area (Å²) in [5.74, 6) is -0.755. The molecule has 0 saturated carbocycles. The van der Waals surface area contributed by atoms with Crippen molar-refractivity contribution in [2.45, 2.75) is 18.9 Å². The number of halogens is 3. The van der Waals surface area contributed by atoms with Crippen LogP contribution in [0.1, 0.15) is 12.8 Å². The van der Waals surface area contributed by atoms with Crippen LogP contribution in [0.3, 0.4) is 0 Å². The van der Waals surface area contributed by atoms with E-state index in [4.69, 9.17) is 9.47 Å². The number of guanidine groups is 1. The van der Waals surface area contributed by atoms with Gasteiger partial charge in [0.25, 0.3) is 5.91 Å². The Labute approximate surface area is 186 Å². The number of carbonyl (C=O) groups is 1. The molecule has 2 saturated heterocycles. The highest BCUT2D eigenvalue weighted by Gasteiger charge is 2.30. The number of hydrogen-bond donors (Lipinski definition) is 1. The molecule has 0 spiro atoms. The quantitative estimate of drug-likeness (QED) is 0.276. The first-order valence-electron chi connectivity index (χ1n) is 9.52. The molecule has 1 unspecified atom stereocenters. The van der Waals surface area contributed by atoms with Gasteiger partial charge in [-0.15, -0.1) is 24.0 Å². The monoisotopic (exact) mass is 524 g/mol. The number of rotatable bonds is 5. The van der Waals surface area contributed by atoms with E-state index in [9.17, 15) is 13.6 Å². The van der Waals surface area contributed by atoms with E-state index in [1.807, 2.05) is 4.90 Å². The van der Waals surface area contributed by atoms with Crippen molar-refractivity contribution >= 4 is 35.8 Å². The summed E-state index contributed by atoms with van der Waals surface area (Å²) in [5.41, 5.74) is 0. The molecule has 0 aliphatic carbocycles. The normalized spacial score (nSPS) is 19.7. The molecule has 1 amide bonds. The van der Waals surface area contributed by atoms with Crippen LogP contribution in [-0.2, 0) is 9.53 Å². The summed E-state index contributed by atoms with van der Waals surface area (Å²) >= 11 is 0. The number of carbonyl (C=O) groups excluding carboxylic acids is 1. The molecule has 2 aliphatic rings. The molecule has 0 bridgehead atoms. The van der Waals surface area contributed by atoms with Gasteiger partial charge in [0.2, 0.25) is 0 Å². The van der Waals surface area contributed by atoms with Crippen molar-refractivity contribution in [3.8, 4) is 5.75 Å². The van der Waals surface area contributed by atoms with E-state index in [-0.39, 0.29) is 48.3 Å². The minimum Gasteiger partial charge on any atom is -0.492 e. The molecular weight excluding hydrogens is 497 g/mol. The first-order valence-corrected chi connectivity index (χ1v) is 9.52. The molecule has 0 radical (unpaired) electrons. The van der Waals surface area contributed by atoms with Crippen molar-refractivity contribution in [1.82, 2.24) is 15.1 Å². The molecule has 1 atom stereocenters. The molecule has 162 valence electrons. The highest BCUT2D eigenvalue weighted by Crippen LogP contribution is 2.16. The summed E-state index contributed by atoms with van der Waals surface area (Å²) in [6.07, 6.45) is 1.47. The van der Waals surface area contributed by atoms with Crippen LogP contribution in [0.15, 0.2) is 23.2 Å². The van der Waals surface area contributed by atoms with Gasteiger partial charge < -0.3 is 24.6 Å². The lowest BCUT2D eigenvalue weighted by molar-refractivity contribution is -0.142. The predicted molar refractivity (Wildman–Crippen MR) is 116 cm³/mol. The van der Waals surface area contributed by atoms with E-state index < -0.39 is 11.6 Å². The molecule has 2 fully saturated rings. The largest absolute Gasteiger partial charge is 0.492 e. The van der Waals surface area contributed by atoms with Gasteiger partial charge in [0.05, 0.1) is 6.54 Å². The molecule has 3 rings (SSSR count). The van der Waals surface area contributed by atoms with Gasteiger partial charge in [-0.05, 0) is 25.0 Å². The van der Waals surface area contributed by atoms with Crippen LogP contribution in [0.25, 0.3) is 0 Å². The summed E-state index contributed by atoms with van der Waals surface area (Å²) in [6, 6.07) is 3.44. The van der Waals surface area contributed by atoms with Crippen LogP contribution in [0.2, 0.25) is 0 Å². The highest BCUT2D eigenvalue weighted by atomic mass is 127. The lowest BCUT2D eigenvalue weighted by atomic mass is 10.2. The SMILES string of the molecule is CN=C(NCCOc1ccc(F)c(F)c1)N1CCN(C(=O)C2CCCO2)CC1.I.